The van der Waals surface area contributed by atoms with Gasteiger partial charge in [0.2, 0.25) is 0 Å². The van der Waals surface area contributed by atoms with Crippen LogP contribution in [0.5, 0.6) is 5.75 Å². The molecule has 1 aliphatic heterocycles. The fourth-order valence-electron chi connectivity index (χ4n) is 2.96. The van der Waals surface area contributed by atoms with E-state index in [4.69, 9.17) is 9.88 Å². The summed E-state index contributed by atoms with van der Waals surface area (Å²) in [5.74, 6) is 0.942. The molecule has 0 atom stereocenters. The Hall–Kier alpha value is -1.85. The zero-order valence-electron chi connectivity index (χ0n) is 13.4. The predicted molar refractivity (Wildman–Crippen MR) is 98.5 cm³/mol. The van der Waals surface area contributed by atoms with Crippen molar-refractivity contribution in [2.45, 2.75) is 11.8 Å². The molecule has 0 aromatic heterocycles. The van der Waals surface area contributed by atoms with Crippen molar-refractivity contribution in [1.29, 1.82) is 0 Å². The molecule has 0 bridgehead atoms. The molecular formula is C18H23N3OS. The minimum atomic E-state index is 0.699. The van der Waals surface area contributed by atoms with Crippen LogP contribution in [0, 0.1) is 0 Å². The first-order valence-corrected chi connectivity index (χ1v) is 8.88. The third-order valence-corrected chi connectivity index (χ3v) is 4.71. The lowest BCUT2D eigenvalue weighted by atomic mass is 10.2. The van der Waals surface area contributed by atoms with E-state index >= 15 is 0 Å². The van der Waals surface area contributed by atoms with E-state index < -0.39 is 0 Å². The van der Waals surface area contributed by atoms with E-state index in [1.165, 1.54) is 23.3 Å². The van der Waals surface area contributed by atoms with Crippen molar-refractivity contribution in [3.8, 4) is 5.75 Å². The summed E-state index contributed by atoms with van der Waals surface area (Å²) in [6.45, 7) is 6.70. The lowest BCUT2D eigenvalue weighted by molar-refractivity contribution is 0.340. The van der Waals surface area contributed by atoms with Gasteiger partial charge in [0.05, 0.1) is 12.3 Å². The summed E-state index contributed by atoms with van der Waals surface area (Å²) in [4.78, 5) is 5.97. The number of nitrogens with zero attached hydrogens (tertiary/aromatic N) is 2. The Kier molecular flexibility index (Phi) is 5.31. The first kappa shape index (κ1) is 16.0. The summed E-state index contributed by atoms with van der Waals surface area (Å²) in [7, 11) is 0. The monoisotopic (exact) mass is 329 g/mol. The van der Waals surface area contributed by atoms with Gasteiger partial charge in [-0.15, -0.1) is 0 Å². The Morgan fingerprint density at radius 3 is 2.48 bits per heavy atom. The van der Waals surface area contributed by atoms with E-state index in [-0.39, 0.29) is 0 Å². The second-order valence-electron chi connectivity index (χ2n) is 5.49. The van der Waals surface area contributed by atoms with Crippen LogP contribution in [0.15, 0.2) is 53.4 Å². The molecule has 4 nitrogen and oxygen atoms in total. The Labute approximate surface area is 142 Å². The van der Waals surface area contributed by atoms with Gasteiger partial charge < -0.3 is 14.5 Å². The molecule has 23 heavy (non-hydrogen) atoms. The Balaban J connectivity index is 1.67. The second kappa shape index (κ2) is 7.62. The van der Waals surface area contributed by atoms with Crippen LogP contribution < -0.4 is 19.7 Å². The number of rotatable bonds is 5. The van der Waals surface area contributed by atoms with Crippen LogP contribution in [0.25, 0.3) is 0 Å². The highest BCUT2D eigenvalue weighted by Gasteiger charge is 2.19. The van der Waals surface area contributed by atoms with Crippen LogP contribution in [0.4, 0.5) is 11.4 Å². The molecule has 1 heterocycles. The number of hydrogen-bond acceptors (Lipinski definition) is 5. The maximum absolute atomic E-state index is 5.79. The normalized spacial score (nSPS) is 14.9. The average Bonchev–Trinajstić information content (AvgIpc) is 2.62. The maximum Gasteiger partial charge on any atom is 0.121 e. The van der Waals surface area contributed by atoms with Gasteiger partial charge >= 0.3 is 0 Å². The standard InChI is InChI=1S/C18H23N3OS/c1-2-22-16-7-5-6-15(14-16)20-10-12-21(13-11-20)17-8-3-4-9-18(17)23-19/h3-9,14H,2,10-13,19H2,1H3. The number of nitrogens with two attached hydrogens (primary N) is 1. The Morgan fingerprint density at radius 2 is 1.74 bits per heavy atom. The zero-order chi connectivity index (χ0) is 16.1. The van der Waals surface area contributed by atoms with Gasteiger partial charge in [0.1, 0.15) is 5.75 Å². The van der Waals surface area contributed by atoms with E-state index in [9.17, 15) is 0 Å². The molecule has 1 fully saturated rings. The lowest BCUT2D eigenvalue weighted by Gasteiger charge is -2.38. The quantitative estimate of drug-likeness (QED) is 0.852. The summed E-state index contributed by atoms with van der Waals surface area (Å²) in [5.41, 5.74) is 2.47. The lowest BCUT2D eigenvalue weighted by Crippen LogP contribution is -2.46. The van der Waals surface area contributed by atoms with E-state index in [0.717, 1.165) is 36.8 Å². The van der Waals surface area contributed by atoms with Crippen molar-refractivity contribution in [2.75, 3.05) is 42.6 Å². The van der Waals surface area contributed by atoms with Gasteiger partial charge in [0, 0.05) is 42.8 Å². The number of piperazine rings is 1. The van der Waals surface area contributed by atoms with Gasteiger partial charge in [-0.2, -0.15) is 0 Å². The van der Waals surface area contributed by atoms with Crippen molar-refractivity contribution in [3.05, 3.63) is 48.5 Å². The molecule has 5 heteroatoms. The third-order valence-electron chi connectivity index (χ3n) is 4.11. The number of anilines is 2. The first-order chi connectivity index (χ1) is 11.3. The van der Waals surface area contributed by atoms with Crippen LogP contribution in [-0.4, -0.2) is 32.8 Å². The van der Waals surface area contributed by atoms with Gasteiger partial charge in [-0.25, -0.2) is 0 Å². The number of benzene rings is 2. The van der Waals surface area contributed by atoms with Crippen molar-refractivity contribution >= 4 is 23.3 Å². The molecule has 0 saturated carbocycles. The summed E-state index contributed by atoms with van der Waals surface area (Å²) in [6, 6.07) is 16.7. The number of ether oxygens (including phenoxy) is 1. The highest BCUT2D eigenvalue weighted by atomic mass is 32.2. The van der Waals surface area contributed by atoms with Gasteiger partial charge in [-0.05, 0) is 43.1 Å². The predicted octanol–water partition coefficient (Wildman–Crippen LogP) is 3.38. The largest absolute Gasteiger partial charge is 0.494 e. The molecule has 2 N–H and O–H groups in total. The molecule has 0 amide bonds. The van der Waals surface area contributed by atoms with Gasteiger partial charge in [0.25, 0.3) is 0 Å². The summed E-state index contributed by atoms with van der Waals surface area (Å²) < 4.78 is 5.60. The molecular weight excluding hydrogens is 306 g/mol. The molecule has 0 unspecified atom stereocenters. The molecule has 2 aromatic carbocycles. The number of hydrogen-bond donors (Lipinski definition) is 1. The zero-order valence-corrected chi connectivity index (χ0v) is 14.3. The number of para-hydroxylation sites is 1. The van der Waals surface area contributed by atoms with E-state index in [1.807, 2.05) is 19.1 Å². The van der Waals surface area contributed by atoms with E-state index in [0.29, 0.717) is 6.61 Å². The van der Waals surface area contributed by atoms with Crippen LogP contribution >= 0.6 is 11.9 Å². The second-order valence-corrected chi connectivity index (χ2v) is 6.17. The molecule has 2 aromatic rings. The van der Waals surface area contributed by atoms with E-state index in [1.54, 1.807) is 0 Å². The van der Waals surface area contributed by atoms with Crippen LogP contribution in [-0.2, 0) is 0 Å². The minimum Gasteiger partial charge on any atom is -0.494 e. The van der Waals surface area contributed by atoms with Gasteiger partial charge in [0.15, 0.2) is 0 Å². The molecule has 3 rings (SSSR count). The fraction of sp³-hybridized carbons (Fsp3) is 0.333. The first-order valence-electron chi connectivity index (χ1n) is 8.00. The Morgan fingerprint density at radius 1 is 1.00 bits per heavy atom. The minimum absolute atomic E-state index is 0.699. The van der Waals surface area contributed by atoms with Crippen molar-refractivity contribution in [3.63, 3.8) is 0 Å². The molecule has 1 saturated heterocycles. The molecule has 0 aliphatic carbocycles. The smallest absolute Gasteiger partial charge is 0.121 e. The molecule has 0 radical (unpaired) electrons. The third kappa shape index (κ3) is 3.74. The van der Waals surface area contributed by atoms with Gasteiger partial charge in [-0.1, -0.05) is 18.2 Å². The molecule has 0 spiro atoms. The summed E-state index contributed by atoms with van der Waals surface area (Å²) >= 11 is 1.32. The topological polar surface area (TPSA) is 41.7 Å². The van der Waals surface area contributed by atoms with Crippen molar-refractivity contribution < 1.29 is 4.74 Å². The van der Waals surface area contributed by atoms with Crippen molar-refractivity contribution in [1.82, 2.24) is 0 Å². The highest BCUT2D eigenvalue weighted by Crippen LogP contribution is 2.29. The maximum atomic E-state index is 5.79. The van der Waals surface area contributed by atoms with Crippen LogP contribution in [0.3, 0.4) is 0 Å². The summed E-state index contributed by atoms with van der Waals surface area (Å²) in [6.07, 6.45) is 0. The van der Waals surface area contributed by atoms with Crippen LogP contribution in [0.1, 0.15) is 6.92 Å². The average molecular weight is 329 g/mol. The summed E-state index contributed by atoms with van der Waals surface area (Å²) in [5, 5.41) is 5.79. The Bertz CT molecular complexity index is 642. The molecule has 1 aliphatic rings. The molecule has 122 valence electrons. The van der Waals surface area contributed by atoms with Crippen LogP contribution in [0.2, 0.25) is 0 Å². The van der Waals surface area contributed by atoms with E-state index in [2.05, 4.69) is 46.2 Å². The fourth-order valence-corrected chi connectivity index (χ4v) is 3.44. The SMILES string of the molecule is CCOc1cccc(N2CCN(c3ccccc3SN)CC2)c1. The highest BCUT2D eigenvalue weighted by molar-refractivity contribution is 7.97. The van der Waals surface area contributed by atoms with Gasteiger partial charge in [-0.3, -0.25) is 5.14 Å². The van der Waals surface area contributed by atoms with Crippen molar-refractivity contribution in [2.24, 2.45) is 5.14 Å².